The van der Waals surface area contributed by atoms with E-state index in [2.05, 4.69) is 59.2 Å². The second-order valence-corrected chi connectivity index (χ2v) is 5.63. The van der Waals surface area contributed by atoms with Gasteiger partial charge in [-0.1, -0.05) is 18.2 Å². The number of para-hydroxylation sites is 1. The summed E-state index contributed by atoms with van der Waals surface area (Å²) >= 11 is 0. The summed E-state index contributed by atoms with van der Waals surface area (Å²) in [5.41, 5.74) is 3.93. The van der Waals surface area contributed by atoms with E-state index in [-0.39, 0.29) is 0 Å². The first-order chi connectivity index (χ1) is 10.3. The van der Waals surface area contributed by atoms with Gasteiger partial charge >= 0.3 is 0 Å². The number of hydrogen-bond acceptors (Lipinski definition) is 2. The van der Waals surface area contributed by atoms with Gasteiger partial charge in [-0.05, 0) is 43.2 Å². The SMILES string of the molecule is CC(C)n1cc(CNCc2ccncc2)c2ccccc21. The number of nitrogens with zero attached hydrogens (tertiary/aromatic N) is 2. The van der Waals surface area contributed by atoms with Crippen LogP contribution in [0.4, 0.5) is 0 Å². The summed E-state index contributed by atoms with van der Waals surface area (Å²) in [7, 11) is 0. The van der Waals surface area contributed by atoms with E-state index in [0.29, 0.717) is 6.04 Å². The minimum atomic E-state index is 0.476. The van der Waals surface area contributed by atoms with Crippen LogP contribution in [0.5, 0.6) is 0 Å². The molecule has 0 amide bonds. The standard InChI is InChI=1S/C18H21N3/c1-14(2)21-13-16(17-5-3-4-6-18(17)21)12-20-11-15-7-9-19-10-8-15/h3-10,13-14,20H,11-12H2,1-2H3. The fourth-order valence-electron chi connectivity index (χ4n) is 2.69. The molecule has 0 fully saturated rings. The normalized spacial score (nSPS) is 11.4. The highest BCUT2D eigenvalue weighted by Crippen LogP contribution is 2.24. The lowest BCUT2D eigenvalue weighted by molar-refractivity contribution is 0.616. The van der Waals surface area contributed by atoms with E-state index in [1.54, 1.807) is 0 Å². The Bertz CT molecular complexity index is 714. The van der Waals surface area contributed by atoms with Crippen molar-refractivity contribution < 1.29 is 0 Å². The molecule has 2 aromatic heterocycles. The number of rotatable bonds is 5. The fraction of sp³-hybridized carbons (Fsp3) is 0.278. The quantitative estimate of drug-likeness (QED) is 0.767. The lowest BCUT2D eigenvalue weighted by Crippen LogP contribution is -2.12. The van der Waals surface area contributed by atoms with E-state index in [1.165, 1.54) is 22.0 Å². The van der Waals surface area contributed by atoms with Gasteiger partial charge in [-0.3, -0.25) is 4.98 Å². The van der Waals surface area contributed by atoms with Crippen molar-refractivity contribution in [3.63, 3.8) is 0 Å². The smallest absolute Gasteiger partial charge is 0.0486 e. The Kier molecular flexibility index (Phi) is 4.02. The van der Waals surface area contributed by atoms with E-state index in [0.717, 1.165) is 13.1 Å². The molecule has 0 unspecified atom stereocenters. The topological polar surface area (TPSA) is 29.9 Å². The maximum absolute atomic E-state index is 4.04. The molecule has 0 radical (unpaired) electrons. The van der Waals surface area contributed by atoms with Crippen molar-refractivity contribution in [2.24, 2.45) is 0 Å². The van der Waals surface area contributed by atoms with Crippen LogP contribution < -0.4 is 5.32 Å². The molecule has 2 heterocycles. The second-order valence-electron chi connectivity index (χ2n) is 5.63. The molecular weight excluding hydrogens is 258 g/mol. The van der Waals surface area contributed by atoms with E-state index < -0.39 is 0 Å². The molecule has 0 saturated heterocycles. The number of aromatic nitrogens is 2. The lowest BCUT2D eigenvalue weighted by Gasteiger charge is -2.08. The number of pyridine rings is 1. The first-order valence-corrected chi connectivity index (χ1v) is 7.44. The predicted molar refractivity (Wildman–Crippen MR) is 87.1 cm³/mol. The molecule has 0 spiro atoms. The fourth-order valence-corrected chi connectivity index (χ4v) is 2.69. The van der Waals surface area contributed by atoms with Crippen molar-refractivity contribution in [3.8, 4) is 0 Å². The maximum Gasteiger partial charge on any atom is 0.0486 e. The first-order valence-electron chi connectivity index (χ1n) is 7.44. The van der Waals surface area contributed by atoms with Gasteiger partial charge in [0.25, 0.3) is 0 Å². The Labute approximate surface area is 125 Å². The zero-order chi connectivity index (χ0) is 14.7. The molecule has 3 rings (SSSR count). The molecule has 1 N–H and O–H groups in total. The molecule has 1 aromatic carbocycles. The van der Waals surface area contributed by atoms with Gasteiger partial charge in [0.15, 0.2) is 0 Å². The van der Waals surface area contributed by atoms with Crippen LogP contribution in [-0.2, 0) is 13.1 Å². The Balaban J connectivity index is 1.78. The second kappa shape index (κ2) is 6.10. The van der Waals surface area contributed by atoms with E-state index in [9.17, 15) is 0 Å². The van der Waals surface area contributed by atoms with E-state index in [4.69, 9.17) is 0 Å². The molecule has 3 nitrogen and oxygen atoms in total. The molecule has 108 valence electrons. The molecule has 0 bridgehead atoms. The van der Waals surface area contributed by atoms with Gasteiger partial charge in [0.2, 0.25) is 0 Å². The van der Waals surface area contributed by atoms with Crippen LogP contribution >= 0.6 is 0 Å². The molecule has 0 saturated carbocycles. The van der Waals surface area contributed by atoms with E-state index >= 15 is 0 Å². The molecule has 21 heavy (non-hydrogen) atoms. The lowest BCUT2D eigenvalue weighted by atomic mass is 10.1. The number of fused-ring (bicyclic) bond motifs is 1. The van der Waals surface area contributed by atoms with Crippen LogP contribution in [0.3, 0.4) is 0 Å². The predicted octanol–water partition coefficient (Wildman–Crippen LogP) is 3.91. The van der Waals surface area contributed by atoms with Gasteiger partial charge in [0, 0.05) is 48.6 Å². The summed E-state index contributed by atoms with van der Waals surface area (Å²) in [6, 6.07) is 13.2. The minimum absolute atomic E-state index is 0.476. The maximum atomic E-state index is 4.04. The Morgan fingerprint density at radius 2 is 1.81 bits per heavy atom. The summed E-state index contributed by atoms with van der Waals surface area (Å²) in [6.07, 6.45) is 5.94. The largest absolute Gasteiger partial charge is 0.345 e. The molecule has 3 aromatic rings. The minimum Gasteiger partial charge on any atom is -0.345 e. The summed E-state index contributed by atoms with van der Waals surface area (Å²) in [5.74, 6) is 0. The van der Waals surface area contributed by atoms with Gasteiger partial charge in [-0.2, -0.15) is 0 Å². The highest BCUT2D eigenvalue weighted by Gasteiger charge is 2.09. The zero-order valence-corrected chi connectivity index (χ0v) is 12.6. The number of nitrogens with one attached hydrogen (secondary N) is 1. The van der Waals surface area contributed by atoms with Gasteiger partial charge < -0.3 is 9.88 Å². The Morgan fingerprint density at radius 1 is 1.05 bits per heavy atom. The molecular formula is C18H21N3. The third-order valence-electron chi connectivity index (χ3n) is 3.77. The highest BCUT2D eigenvalue weighted by atomic mass is 15.0. The van der Waals surface area contributed by atoms with E-state index in [1.807, 2.05) is 24.5 Å². The summed E-state index contributed by atoms with van der Waals surface area (Å²) < 4.78 is 2.35. The summed E-state index contributed by atoms with van der Waals surface area (Å²) in [5, 5.41) is 4.86. The van der Waals surface area contributed by atoms with Gasteiger partial charge in [-0.15, -0.1) is 0 Å². The number of benzene rings is 1. The Hall–Kier alpha value is -2.13. The van der Waals surface area contributed by atoms with Crippen molar-refractivity contribution in [2.45, 2.75) is 33.0 Å². The van der Waals surface area contributed by atoms with Crippen LogP contribution in [0.25, 0.3) is 10.9 Å². The third-order valence-corrected chi connectivity index (χ3v) is 3.77. The number of hydrogen-bond donors (Lipinski definition) is 1. The molecule has 0 aliphatic carbocycles. The van der Waals surface area contributed by atoms with Gasteiger partial charge in [-0.25, -0.2) is 0 Å². The van der Waals surface area contributed by atoms with Gasteiger partial charge in [0.1, 0.15) is 0 Å². The van der Waals surface area contributed by atoms with Crippen molar-refractivity contribution in [2.75, 3.05) is 0 Å². The van der Waals surface area contributed by atoms with Crippen molar-refractivity contribution >= 4 is 10.9 Å². The van der Waals surface area contributed by atoms with Crippen LogP contribution in [0.2, 0.25) is 0 Å². The summed E-state index contributed by atoms with van der Waals surface area (Å²) in [6.45, 7) is 6.19. The average Bonchev–Trinajstić information content (AvgIpc) is 2.88. The van der Waals surface area contributed by atoms with Crippen molar-refractivity contribution in [1.29, 1.82) is 0 Å². The van der Waals surface area contributed by atoms with Gasteiger partial charge in [0.05, 0.1) is 0 Å². The molecule has 0 aliphatic heterocycles. The van der Waals surface area contributed by atoms with Crippen LogP contribution in [-0.4, -0.2) is 9.55 Å². The average molecular weight is 279 g/mol. The molecule has 0 atom stereocenters. The van der Waals surface area contributed by atoms with Crippen LogP contribution in [0.15, 0.2) is 55.0 Å². The summed E-state index contributed by atoms with van der Waals surface area (Å²) in [4.78, 5) is 4.04. The zero-order valence-electron chi connectivity index (χ0n) is 12.6. The highest BCUT2D eigenvalue weighted by molar-refractivity contribution is 5.84. The Morgan fingerprint density at radius 3 is 2.57 bits per heavy atom. The monoisotopic (exact) mass is 279 g/mol. The van der Waals surface area contributed by atoms with Crippen molar-refractivity contribution in [3.05, 3.63) is 66.1 Å². The first kappa shape index (κ1) is 13.8. The van der Waals surface area contributed by atoms with Crippen LogP contribution in [0, 0.1) is 0 Å². The van der Waals surface area contributed by atoms with Crippen molar-refractivity contribution in [1.82, 2.24) is 14.9 Å². The third kappa shape index (κ3) is 2.98. The van der Waals surface area contributed by atoms with Crippen LogP contribution in [0.1, 0.15) is 31.0 Å². The molecule has 0 aliphatic rings. The molecule has 3 heteroatoms.